The number of likely N-dealkylation sites (N-methyl/N-ethyl adjacent to an activating group) is 1. The lowest BCUT2D eigenvalue weighted by Gasteiger charge is -2.41. The maximum Gasteiger partial charge on any atom is 0.259 e. The summed E-state index contributed by atoms with van der Waals surface area (Å²) >= 11 is 0. The van der Waals surface area contributed by atoms with Gasteiger partial charge in [-0.05, 0) is 42.8 Å². The molecule has 0 saturated carbocycles. The summed E-state index contributed by atoms with van der Waals surface area (Å²) in [7, 11) is 0. The molecule has 192 valence electrons. The molecule has 5 heterocycles. The first-order valence-corrected chi connectivity index (χ1v) is 13.2. The Morgan fingerprint density at radius 3 is 2.76 bits per heavy atom. The van der Waals surface area contributed by atoms with Gasteiger partial charge in [0.05, 0.1) is 34.7 Å². The highest BCUT2D eigenvalue weighted by Gasteiger charge is 2.31. The summed E-state index contributed by atoms with van der Waals surface area (Å²) in [5, 5.41) is 6.05. The molecule has 1 atom stereocenters. The quantitative estimate of drug-likeness (QED) is 0.434. The third kappa shape index (κ3) is 4.22. The second-order valence-corrected chi connectivity index (χ2v) is 10.1. The number of aliphatic hydroxyl groups is 2. The van der Waals surface area contributed by atoms with Crippen molar-refractivity contribution in [3.8, 4) is 0 Å². The highest BCUT2D eigenvalue weighted by molar-refractivity contribution is 6.07. The minimum Gasteiger partial charge on any atom is -0.434 e. The molecule has 0 radical (unpaired) electrons. The van der Waals surface area contributed by atoms with Crippen molar-refractivity contribution in [2.75, 3.05) is 39.4 Å². The van der Waals surface area contributed by atoms with Crippen LogP contribution in [0, 0.1) is 6.92 Å². The number of rotatable bonds is 4. The Bertz CT molecular complexity index is 1510. The number of pyridine rings is 2. The molecule has 0 spiro atoms. The van der Waals surface area contributed by atoms with E-state index in [4.69, 9.17) is 0 Å². The number of hydrogen-bond acceptors (Lipinski definition) is 5. The molecule has 6 rings (SSSR count). The van der Waals surface area contributed by atoms with Crippen molar-refractivity contribution in [1.29, 1.82) is 0 Å². The molecule has 0 aliphatic carbocycles. The summed E-state index contributed by atoms with van der Waals surface area (Å²) < 4.78 is 6.46. The molecular formula is C28H33N6O3+. The van der Waals surface area contributed by atoms with Gasteiger partial charge in [0, 0.05) is 55.8 Å². The number of nitrogens with one attached hydrogen (secondary N) is 1. The predicted molar refractivity (Wildman–Crippen MR) is 143 cm³/mol. The van der Waals surface area contributed by atoms with Crippen molar-refractivity contribution in [1.82, 2.24) is 29.5 Å². The molecule has 1 amide bonds. The summed E-state index contributed by atoms with van der Waals surface area (Å²) in [6, 6.07) is 8.23. The van der Waals surface area contributed by atoms with E-state index in [2.05, 4.69) is 37.7 Å². The van der Waals surface area contributed by atoms with E-state index in [9.17, 15) is 9.59 Å². The van der Waals surface area contributed by atoms with E-state index in [0.29, 0.717) is 24.0 Å². The number of fused-ring (bicyclic) bond motifs is 3. The third-order valence-electron chi connectivity index (χ3n) is 7.98. The van der Waals surface area contributed by atoms with Crippen LogP contribution in [-0.2, 0) is 0 Å². The molecule has 9 heteroatoms. The second-order valence-electron chi connectivity index (χ2n) is 10.1. The number of benzene rings is 1. The number of amides is 1. The number of aromatic nitrogens is 4. The first kappa shape index (κ1) is 23.8. The van der Waals surface area contributed by atoms with Crippen LogP contribution in [0.2, 0.25) is 0 Å². The van der Waals surface area contributed by atoms with Crippen LogP contribution in [-0.4, -0.2) is 79.6 Å². The van der Waals surface area contributed by atoms with E-state index in [0.717, 1.165) is 66.7 Å². The number of nitrogens with zero attached hydrogens (tertiary/aromatic N) is 5. The maximum absolute atomic E-state index is 13.9. The fraction of sp³-hybridized carbons (Fsp3) is 0.429. The second kappa shape index (κ2) is 9.72. The van der Waals surface area contributed by atoms with Crippen molar-refractivity contribution in [3.63, 3.8) is 0 Å². The summed E-state index contributed by atoms with van der Waals surface area (Å²) in [4.78, 5) is 38.5. The van der Waals surface area contributed by atoms with Gasteiger partial charge in [0.2, 0.25) is 0 Å². The third-order valence-corrected chi connectivity index (χ3v) is 7.98. The van der Waals surface area contributed by atoms with Gasteiger partial charge in [0.25, 0.3) is 11.5 Å². The lowest BCUT2D eigenvalue weighted by atomic mass is 10.00. The molecule has 2 aliphatic heterocycles. The molecule has 1 aromatic carbocycles. The molecular weight excluding hydrogens is 468 g/mol. The Morgan fingerprint density at radius 1 is 1.16 bits per heavy atom. The monoisotopic (exact) mass is 501 g/mol. The first-order valence-electron chi connectivity index (χ1n) is 13.2. The highest BCUT2D eigenvalue weighted by Crippen LogP contribution is 2.31. The SMILES string of the molecule is CCN1CCN(C(=O)c2cc3c(cc2C)[nH]c(=O)c2cnn(C4CC[OH+]CC4)c23)CC1c1cccnc1. The molecule has 2 N–H and O–H groups in total. The number of H-pyrrole nitrogens is 1. The Labute approximate surface area is 215 Å². The molecule has 2 aliphatic rings. The summed E-state index contributed by atoms with van der Waals surface area (Å²) in [5.74, 6) is 0.0194. The van der Waals surface area contributed by atoms with Gasteiger partial charge < -0.3 is 14.6 Å². The molecule has 2 saturated heterocycles. The van der Waals surface area contributed by atoms with E-state index in [1.165, 1.54) is 0 Å². The lowest BCUT2D eigenvalue weighted by molar-refractivity contribution is -0.0772. The van der Waals surface area contributed by atoms with E-state index in [1.807, 2.05) is 40.9 Å². The maximum atomic E-state index is 13.9. The zero-order chi connectivity index (χ0) is 25.5. The topological polar surface area (TPSA) is 99.9 Å². The van der Waals surface area contributed by atoms with Crippen LogP contribution in [0.3, 0.4) is 0 Å². The standard InChI is InChI=1S/C28H32N6O3/c1-3-32-9-10-33(17-25(32)19-5-4-8-29-15-19)28(36)21-14-22-24(13-18(21)2)31-27(35)23-16-30-34(26(22)23)20-6-11-37-12-7-20/h4-5,8,13-16,20,25H,3,6-7,9-12,17H2,1-2H3,(H,31,35)/p+1. The van der Waals surface area contributed by atoms with Gasteiger partial charge in [-0.2, -0.15) is 5.10 Å². The van der Waals surface area contributed by atoms with Crippen LogP contribution >= 0.6 is 0 Å². The predicted octanol–water partition coefficient (Wildman–Crippen LogP) is 2.96. The van der Waals surface area contributed by atoms with Crippen molar-refractivity contribution < 1.29 is 9.53 Å². The van der Waals surface area contributed by atoms with Crippen LogP contribution in [0.1, 0.15) is 53.3 Å². The molecule has 3 aromatic heterocycles. The molecule has 9 nitrogen and oxygen atoms in total. The zero-order valence-electron chi connectivity index (χ0n) is 21.4. The number of aryl methyl sites for hydroxylation is 1. The van der Waals surface area contributed by atoms with E-state index in [1.54, 1.807) is 12.4 Å². The number of piperazine rings is 1. The minimum atomic E-state index is -0.150. The lowest BCUT2D eigenvalue weighted by Crippen LogP contribution is -2.50. The Kier molecular flexibility index (Phi) is 6.26. The van der Waals surface area contributed by atoms with Gasteiger partial charge >= 0.3 is 0 Å². The average molecular weight is 502 g/mol. The molecule has 0 bridgehead atoms. The molecule has 37 heavy (non-hydrogen) atoms. The first-order chi connectivity index (χ1) is 18.0. The van der Waals surface area contributed by atoms with Gasteiger partial charge in [-0.3, -0.25) is 24.2 Å². The van der Waals surface area contributed by atoms with Crippen LogP contribution in [0.5, 0.6) is 0 Å². The summed E-state index contributed by atoms with van der Waals surface area (Å²) in [6.07, 6.45) is 7.14. The van der Waals surface area contributed by atoms with E-state index >= 15 is 0 Å². The van der Waals surface area contributed by atoms with Crippen LogP contribution in [0.15, 0.2) is 47.7 Å². The fourth-order valence-corrected chi connectivity index (χ4v) is 5.93. The van der Waals surface area contributed by atoms with Crippen molar-refractivity contribution >= 4 is 27.7 Å². The van der Waals surface area contributed by atoms with Crippen molar-refractivity contribution in [2.24, 2.45) is 0 Å². The molecule has 4 aromatic rings. The smallest absolute Gasteiger partial charge is 0.259 e. The normalized spacial score (nSPS) is 19.6. The van der Waals surface area contributed by atoms with Gasteiger partial charge in [0.15, 0.2) is 0 Å². The van der Waals surface area contributed by atoms with Crippen LogP contribution in [0.4, 0.5) is 0 Å². The minimum absolute atomic E-state index is 0.0194. The van der Waals surface area contributed by atoms with Gasteiger partial charge in [0.1, 0.15) is 13.2 Å². The van der Waals surface area contributed by atoms with E-state index in [-0.39, 0.29) is 23.6 Å². The molecule has 2 fully saturated rings. The van der Waals surface area contributed by atoms with Gasteiger partial charge in [-0.15, -0.1) is 0 Å². The van der Waals surface area contributed by atoms with Crippen LogP contribution in [0.25, 0.3) is 21.8 Å². The van der Waals surface area contributed by atoms with E-state index < -0.39 is 0 Å². The Balaban J connectivity index is 1.41. The zero-order valence-corrected chi connectivity index (χ0v) is 21.4. The van der Waals surface area contributed by atoms with Crippen molar-refractivity contribution in [3.05, 3.63) is 69.9 Å². The van der Waals surface area contributed by atoms with Gasteiger partial charge in [-0.1, -0.05) is 13.0 Å². The Hall–Kier alpha value is -3.56. The average Bonchev–Trinajstić information content (AvgIpc) is 3.39. The number of carbonyl (C=O) groups excluding carboxylic acids is 1. The van der Waals surface area contributed by atoms with Crippen molar-refractivity contribution in [2.45, 2.75) is 38.8 Å². The number of carbonyl (C=O) groups is 1. The number of hydrogen-bond donors (Lipinski definition) is 1. The fourth-order valence-electron chi connectivity index (χ4n) is 5.93. The van der Waals surface area contributed by atoms with Crippen LogP contribution < -0.4 is 5.56 Å². The number of aromatic amines is 1. The largest absolute Gasteiger partial charge is 0.434 e. The molecule has 1 unspecified atom stereocenters. The summed E-state index contributed by atoms with van der Waals surface area (Å²) in [5.41, 5.74) is 4.04. The summed E-state index contributed by atoms with van der Waals surface area (Å²) in [6.45, 7) is 8.72. The highest BCUT2D eigenvalue weighted by atomic mass is 16.5. The number of ether oxygens (including phenoxy) is 1. The van der Waals surface area contributed by atoms with Gasteiger partial charge in [-0.25, -0.2) is 0 Å². The Morgan fingerprint density at radius 2 is 2.00 bits per heavy atom.